The van der Waals surface area contributed by atoms with Gasteiger partial charge in [-0.2, -0.15) is 0 Å². The molecule has 4 bridgehead atoms. The minimum atomic E-state index is -0.0186. The maximum atomic E-state index is 12.6. The molecule has 1 amide bonds. The van der Waals surface area contributed by atoms with Crippen molar-refractivity contribution in [3.05, 3.63) is 28.7 Å². The number of nitrogens with one attached hydrogen (secondary N) is 1. The van der Waals surface area contributed by atoms with Crippen LogP contribution < -0.4 is 10.6 Å². The second kappa shape index (κ2) is 5.89. The molecular weight excluding hydrogens is 352 g/mol. The monoisotopic (exact) mass is 377 g/mol. The predicted octanol–water partition coefficient (Wildman–Crippen LogP) is 3.31. The summed E-state index contributed by atoms with van der Waals surface area (Å²) < 4.78 is 1.03. The number of nitrogens with two attached hydrogens (primary N) is 1. The van der Waals surface area contributed by atoms with Crippen LogP contribution >= 0.6 is 15.9 Å². The highest BCUT2D eigenvalue weighted by Crippen LogP contribution is 2.54. The Morgan fingerprint density at radius 1 is 1.13 bits per heavy atom. The minimum absolute atomic E-state index is 0.0186. The van der Waals surface area contributed by atoms with Crippen molar-refractivity contribution in [1.82, 2.24) is 0 Å². The van der Waals surface area contributed by atoms with Crippen LogP contribution in [0.3, 0.4) is 0 Å². The van der Waals surface area contributed by atoms with E-state index in [9.17, 15) is 4.79 Å². The van der Waals surface area contributed by atoms with Crippen LogP contribution in [0.15, 0.2) is 28.7 Å². The summed E-state index contributed by atoms with van der Waals surface area (Å²) in [6.07, 6.45) is 8.34. The quantitative estimate of drug-likeness (QED) is 0.830. The molecule has 0 aliphatic heterocycles. The number of hydrogen-bond acceptors (Lipinski definition) is 1. The third kappa shape index (κ3) is 3.20. The summed E-state index contributed by atoms with van der Waals surface area (Å²) in [5.41, 5.74) is 1.23. The molecule has 23 heavy (non-hydrogen) atoms. The van der Waals surface area contributed by atoms with E-state index >= 15 is 0 Å². The van der Waals surface area contributed by atoms with Crippen molar-refractivity contribution in [2.75, 3.05) is 5.32 Å². The molecule has 0 unspecified atom stereocenters. The first kappa shape index (κ1) is 15.6. The van der Waals surface area contributed by atoms with E-state index in [1.165, 1.54) is 38.5 Å². The maximum Gasteiger partial charge on any atom is 0.282 e. The van der Waals surface area contributed by atoms with Crippen LogP contribution in [0.4, 0.5) is 5.69 Å². The van der Waals surface area contributed by atoms with Crippen molar-refractivity contribution in [1.29, 1.82) is 0 Å². The van der Waals surface area contributed by atoms with Crippen LogP contribution in [0.5, 0.6) is 0 Å². The number of quaternary nitrogens is 1. The van der Waals surface area contributed by atoms with Crippen LogP contribution in [0, 0.1) is 17.8 Å². The van der Waals surface area contributed by atoms with E-state index in [4.69, 9.17) is 0 Å². The van der Waals surface area contributed by atoms with Gasteiger partial charge in [0.15, 0.2) is 6.04 Å². The fraction of sp³-hybridized carbons (Fsp3) is 0.632. The highest BCUT2D eigenvalue weighted by atomic mass is 79.9. The van der Waals surface area contributed by atoms with Gasteiger partial charge in [-0.25, -0.2) is 0 Å². The molecule has 0 spiro atoms. The molecule has 0 radical (unpaired) electrons. The van der Waals surface area contributed by atoms with E-state index in [2.05, 4.69) is 33.5 Å². The van der Waals surface area contributed by atoms with Crippen molar-refractivity contribution >= 4 is 27.5 Å². The Balaban J connectivity index is 1.40. The smallest absolute Gasteiger partial charge is 0.282 e. The van der Waals surface area contributed by atoms with Crippen molar-refractivity contribution in [3.8, 4) is 0 Å². The van der Waals surface area contributed by atoms with Gasteiger partial charge in [-0.3, -0.25) is 4.79 Å². The molecule has 1 atom stereocenters. The first-order chi connectivity index (χ1) is 11.0. The molecule has 4 saturated carbocycles. The molecule has 3 nitrogen and oxygen atoms in total. The van der Waals surface area contributed by atoms with Gasteiger partial charge >= 0.3 is 0 Å². The summed E-state index contributed by atoms with van der Waals surface area (Å²) in [6, 6.07) is 7.79. The molecule has 5 rings (SSSR count). The van der Waals surface area contributed by atoms with Crippen LogP contribution in [-0.2, 0) is 4.79 Å². The largest absolute Gasteiger partial charge is 0.331 e. The van der Waals surface area contributed by atoms with Gasteiger partial charge in [0, 0.05) is 29.4 Å². The molecular formula is C19H26BrN2O+. The van der Waals surface area contributed by atoms with Gasteiger partial charge in [0.2, 0.25) is 0 Å². The van der Waals surface area contributed by atoms with Gasteiger partial charge < -0.3 is 10.6 Å². The Hall–Kier alpha value is -0.870. The SMILES string of the molecule is C[C@H]([NH2+]C12CC3CC(CC(C3)C1)C2)C(=O)Nc1ccc(Br)cc1. The Labute approximate surface area is 146 Å². The summed E-state index contributed by atoms with van der Waals surface area (Å²) in [7, 11) is 0. The van der Waals surface area contributed by atoms with Crippen molar-refractivity contribution in [2.24, 2.45) is 17.8 Å². The van der Waals surface area contributed by atoms with Gasteiger partial charge in [-0.1, -0.05) is 15.9 Å². The number of hydrogen-bond donors (Lipinski definition) is 2. The van der Waals surface area contributed by atoms with Crippen LogP contribution in [0.2, 0.25) is 0 Å². The van der Waals surface area contributed by atoms with E-state index in [1.807, 2.05) is 24.3 Å². The second-order valence-corrected chi connectivity index (χ2v) is 9.15. The molecule has 3 N–H and O–H groups in total. The summed E-state index contributed by atoms with van der Waals surface area (Å²) in [4.78, 5) is 12.6. The predicted molar refractivity (Wildman–Crippen MR) is 95.1 cm³/mol. The highest BCUT2D eigenvalue weighted by Gasteiger charge is 2.54. The van der Waals surface area contributed by atoms with Gasteiger partial charge in [0.05, 0.1) is 5.54 Å². The van der Waals surface area contributed by atoms with Crippen LogP contribution in [0.1, 0.15) is 45.4 Å². The Morgan fingerprint density at radius 2 is 1.65 bits per heavy atom. The summed E-state index contributed by atoms with van der Waals surface area (Å²) in [5.74, 6) is 2.92. The number of carbonyl (C=O) groups excluding carboxylic acids is 1. The first-order valence-electron chi connectivity index (χ1n) is 8.94. The minimum Gasteiger partial charge on any atom is -0.331 e. The fourth-order valence-corrected chi connectivity index (χ4v) is 6.04. The lowest BCUT2D eigenvalue weighted by Crippen LogP contribution is -3.03. The standard InChI is InChI=1S/C19H25BrN2O/c1-12(18(23)21-17-4-2-16(20)3-5-17)22-19-9-13-6-14(10-19)8-15(7-13)11-19/h2-5,12-15,22H,6-11H2,1H3,(H,21,23)/p+1/t12-,13?,14?,15?,19?/m0/s1. The van der Waals surface area contributed by atoms with Crippen molar-refractivity contribution in [3.63, 3.8) is 0 Å². The lowest BCUT2D eigenvalue weighted by Gasteiger charge is -2.55. The fourth-order valence-electron chi connectivity index (χ4n) is 5.78. The van der Waals surface area contributed by atoms with Gasteiger partial charge in [0.1, 0.15) is 0 Å². The summed E-state index contributed by atoms with van der Waals surface area (Å²) in [5, 5.41) is 5.47. The number of rotatable bonds is 4. The normalized spacial score (nSPS) is 36.0. The zero-order valence-corrected chi connectivity index (χ0v) is 15.3. The lowest BCUT2D eigenvalue weighted by molar-refractivity contribution is -0.754. The molecule has 124 valence electrons. The Morgan fingerprint density at radius 3 is 2.17 bits per heavy atom. The molecule has 1 aromatic rings. The zero-order chi connectivity index (χ0) is 16.0. The van der Waals surface area contributed by atoms with E-state index in [0.29, 0.717) is 5.54 Å². The van der Waals surface area contributed by atoms with Crippen molar-refractivity contribution < 1.29 is 10.1 Å². The molecule has 4 fully saturated rings. The number of halogens is 1. The third-order valence-corrected chi connectivity index (χ3v) is 6.74. The zero-order valence-electron chi connectivity index (χ0n) is 13.7. The topological polar surface area (TPSA) is 45.7 Å². The third-order valence-electron chi connectivity index (χ3n) is 6.21. The van der Waals surface area contributed by atoms with E-state index in [1.54, 1.807) is 0 Å². The maximum absolute atomic E-state index is 12.6. The molecule has 4 aliphatic carbocycles. The number of carbonyl (C=O) groups is 1. The lowest BCUT2D eigenvalue weighted by atomic mass is 9.53. The molecule has 0 heterocycles. The molecule has 4 aliphatic rings. The van der Waals surface area contributed by atoms with Gasteiger partial charge in [-0.05, 0) is 68.2 Å². The number of amides is 1. The number of benzene rings is 1. The molecule has 4 heteroatoms. The van der Waals surface area contributed by atoms with Crippen LogP contribution in [-0.4, -0.2) is 17.5 Å². The van der Waals surface area contributed by atoms with Crippen LogP contribution in [0.25, 0.3) is 0 Å². The van der Waals surface area contributed by atoms with Gasteiger partial charge in [0.25, 0.3) is 5.91 Å². The van der Waals surface area contributed by atoms with E-state index in [0.717, 1.165) is 27.9 Å². The van der Waals surface area contributed by atoms with E-state index in [-0.39, 0.29) is 11.9 Å². The first-order valence-corrected chi connectivity index (χ1v) is 9.73. The second-order valence-electron chi connectivity index (χ2n) is 8.23. The molecule has 0 aromatic heterocycles. The van der Waals surface area contributed by atoms with Gasteiger partial charge in [-0.15, -0.1) is 0 Å². The Bertz CT molecular complexity index is 563. The highest BCUT2D eigenvalue weighted by molar-refractivity contribution is 9.10. The van der Waals surface area contributed by atoms with E-state index < -0.39 is 0 Å². The molecule has 0 saturated heterocycles. The average Bonchev–Trinajstić information content (AvgIpc) is 2.47. The summed E-state index contributed by atoms with van der Waals surface area (Å²) >= 11 is 3.43. The average molecular weight is 378 g/mol. The van der Waals surface area contributed by atoms with Crippen molar-refractivity contribution in [2.45, 2.75) is 57.0 Å². The summed E-state index contributed by atoms with van der Waals surface area (Å²) in [6.45, 7) is 2.06. The number of anilines is 1. The molecule has 1 aromatic carbocycles. The Kier molecular flexibility index (Phi) is 4.01.